The predicted octanol–water partition coefficient (Wildman–Crippen LogP) is 20.7. The van der Waals surface area contributed by atoms with Crippen molar-refractivity contribution < 1.29 is 0 Å². The normalized spacial score (nSPS) is 14.3. The minimum atomic E-state index is -0.190. The molecule has 2 heterocycles. The van der Waals surface area contributed by atoms with Crippen molar-refractivity contribution in [1.82, 2.24) is 9.97 Å². The van der Waals surface area contributed by atoms with Crippen LogP contribution in [0.2, 0.25) is 0 Å². The second kappa shape index (κ2) is 18.3. The second-order valence-electron chi connectivity index (χ2n) is 24.1. The molecule has 2 heteroatoms. The third kappa shape index (κ3) is 7.91. The molecular weight excluding hydrogens is 977 g/mol. The van der Waals surface area contributed by atoms with Crippen molar-refractivity contribution >= 4 is 0 Å². The predicted molar refractivity (Wildman–Crippen MR) is 338 cm³/mol. The number of fused-ring (bicyclic) bond motifs is 9. The Morgan fingerprint density at radius 3 is 0.679 bits per heavy atom. The van der Waals surface area contributed by atoms with Crippen LogP contribution in [-0.2, 0) is 16.2 Å². The van der Waals surface area contributed by atoms with Gasteiger partial charge in [0.2, 0.25) is 0 Å². The van der Waals surface area contributed by atoms with Gasteiger partial charge in [0.1, 0.15) is 0 Å². The molecule has 0 amide bonds. The maximum atomic E-state index is 5.22. The van der Waals surface area contributed by atoms with Crippen LogP contribution in [0.25, 0.3) is 123 Å². The van der Waals surface area contributed by atoms with Gasteiger partial charge in [0.25, 0.3) is 0 Å². The van der Waals surface area contributed by atoms with Gasteiger partial charge in [0.05, 0.1) is 22.8 Å². The maximum Gasteiger partial charge on any atom is 0.0709 e. The molecule has 2 nitrogen and oxygen atoms in total. The van der Waals surface area contributed by atoms with E-state index in [4.69, 9.17) is 9.97 Å². The average Bonchev–Trinajstić information content (AvgIpc) is 4.13. The van der Waals surface area contributed by atoms with Gasteiger partial charge in [-0.1, -0.05) is 236 Å². The lowest BCUT2D eigenvalue weighted by atomic mass is 9.79. The van der Waals surface area contributed by atoms with Crippen molar-refractivity contribution in [3.63, 3.8) is 0 Å². The fraction of sp³-hybridized carbons (Fsp3) is 0.114. The molecule has 12 aromatic rings. The summed E-state index contributed by atoms with van der Waals surface area (Å²) in [6, 6.07) is 93.9. The third-order valence-corrected chi connectivity index (χ3v) is 18.4. The number of benzene rings is 10. The smallest absolute Gasteiger partial charge is 0.0709 e. The highest BCUT2D eigenvalue weighted by Crippen LogP contribution is 2.55. The zero-order valence-corrected chi connectivity index (χ0v) is 46.6. The number of nitrogens with zero attached hydrogens (tertiary/aromatic N) is 2. The summed E-state index contributed by atoms with van der Waals surface area (Å²) < 4.78 is 0. The minimum Gasteiger partial charge on any atom is -0.248 e. The van der Waals surface area contributed by atoms with Gasteiger partial charge >= 0.3 is 0 Å². The van der Waals surface area contributed by atoms with E-state index in [1.54, 1.807) is 0 Å². The van der Waals surface area contributed by atoms with Gasteiger partial charge in [0, 0.05) is 38.5 Å². The molecule has 15 rings (SSSR count). The van der Waals surface area contributed by atoms with Gasteiger partial charge in [-0.15, -0.1) is 0 Å². The largest absolute Gasteiger partial charge is 0.248 e. The first-order valence-corrected chi connectivity index (χ1v) is 28.5. The van der Waals surface area contributed by atoms with Gasteiger partial charge in [-0.2, -0.15) is 0 Å². The summed E-state index contributed by atoms with van der Waals surface area (Å²) in [5.41, 5.74) is 33.8. The zero-order valence-electron chi connectivity index (χ0n) is 46.6. The van der Waals surface area contributed by atoms with Crippen LogP contribution < -0.4 is 0 Å². The van der Waals surface area contributed by atoms with Gasteiger partial charge in [0.15, 0.2) is 0 Å². The highest BCUT2D eigenvalue weighted by atomic mass is 14.7. The highest BCUT2D eigenvalue weighted by Gasteiger charge is 2.39. The number of pyridine rings is 2. The Kier molecular flexibility index (Phi) is 11.0. The summed E-state index contributed by atoms with van der Waals surface area (Å²) in [5, 5.41) is 0. The average molecular weight is 1040 g/mol. The Morgan fingerprint density at radius 1 is 0.185 bits per heavy atom. The maximum absolute atomic E-state index is 5.22. The number of hydrogen-bond donors (Lipinski definition) is 0. The lowest BCUT2D eigenvalue weighted by molar-refractivity contribution is 0.659. The summed E-state index contributed by atoms with van der Waals surface area (Å²) in [4.78, 5) is 10.4. The summed E-state index contributed by atoms with van der Waals surface area (Å²) in [6.45, 7) is 14.3. The first-order valence-electron chi connectivity index (χ1n) is 28.5. The molecule has 3 aliphatic rings. The molecule has 0 saturated carbocycles. The van der Waals surface area contributed by atoms with Crippen LogP contribution in [0.3, 0.4) is 0 Å². The van der Waals surface area contributed by atoms with Gasteiger partial charge in [-0.05, 0) is 172 Å². The molecular formula is C79H60N2. The summed E-state index contributed by atoms with van der Waals surface area (Å²) in [7, 11) is 0. The van der Waals surface area contributed by atoms with E-state index in [1.165, 1.54) is 111 Å². The van der Waals surface area contributed by atoms with Crippen molar-refractivity contribution in [2.45, 2.75) is 57.8 Å². The van der Waals surface area contributed by atoms with Gasteiger partial charge in [-0.3, -0.25) is 0 Å². The molecule has 0 spiro atoms. The van der Waals surface area contributed by atoms with Crippen molar-refractivity contribution in [2.24, 2.45) is 0 Å². The van der Waals surface area contributed by atoms with E-state index in [0.29, 0.717) is 0 Å². The first kappa shape index (κ1) is 48.6. The zero-order chi connectivity index (χ0) is 54.8. The Bertz CT molecular complexity index is 4210. The topological polar surface area (TPSA) is 25.8 Å². The Balaban J connectivity index is 0.676. The molecule has 3 aliphatic carbocycles. The lowest BCUT2D eigenvalue weighted by Gasteiger charge is -2.24. The van der Waals surface area contributed by atoms with Crippen LogP contribution in [0, 0.1) is 0 Å². The van der Waals surface area contributed by atoms with Crippen molar-refractivity contribution in [2.75, 3.05) is 0 Å². The van der Waals surface area contributed by atoms with Crippen molar-refractivity contribution in [1.29, 1.82) is 0 Å². The monoisotopic (exact) mass is 1040 g/mol. The minimum absolute atomic E-state index is 0.185. The number of hydrogen-bond acceptors (Lipinski definition) is 2. The van der Waals surface area contributed by atoms with Crippen LogP contribution >= 0.6 is 0 Å². The second-order valence-corrected chi connectivity index (χ2v) is 24.1. The number of rotatable bonds is 8. The molecule has 386 valence electrons. The number of aromatic nitrogens is 2. The van der Waals surface area contributed by atoms with Gasteiger partial charge < -0.3 is 0 Å². The van der Waals surface area contributed by atoms with Crippen molar-refractivity contribution in [3.8, 4) is 123 Å². The van der Waals surface area contributed by atoms with Crippen LogP contribution in [0.1, 0.15) is 74.9 Å². The molecule has 0 bridgehead atoms. The quantitative estimate of drug-likeness (QED) is 0.152. The molecule has 81 heavy (non-hydrogen) atoms. The SMILES string of the molecule is CC1(C)c2cc(-c3ccc4c(c3)C(C)(C)c3cc(-c5cccc(-c6ccc(-c7ccccc7)cc6)n5)ccc3-4)ccc2-c2ccc(-c3ccc4c(c3)C(C)(C)c3cc(-c5cccc(-c6ccc(-c7ccccc7)cc6)n5)ccc3-4)cc21. The molecule has 0 atom stereocenters. The third-order valence-electron chi connectivity index (χ3n) is 18.4. The van der Waals surface area contributed by atoms with Gasteiger partial charge in [-0.25, -0.2) is 9.97 Å². The highest BCUT2D eigenvalue weighted by molar-refractivity contribution is 5.91. The van der Waals surface area contributed by atoms with Crippen LogP contribution in [-0.4, -0.2) is 9.97 Å². The molecule has 0 fully saturated rings. The summed E-state index contributed by atoms with van der Waals surface area (Å²) in [5.74, 6) is 0. The van der Waals surface area contributed by atoms with Crippen molar-refractivity contribution in [3.05, 3.63) is 288 Å². The Hall–Kier alpha value is -9.50. The van der Waals surface area contributed by atoms with Crippen LogP contribution in [0.15, 0.2) is 255 Å². The first-order chi connectivity index (χ1) is 39.4. The van der Waals surface area contributed by atoms with E-state index in [-0.39, 0.29) is 16.2 Å². The van der Waals surface area contributed by atoms with E-state index in [0.717, 1.165) is 45.0 Å². The standard InChI is InChI=1S/C79H60N2/c1-77(2)67-43-55(57-33-39-63-65-41-35-59(47-71(65)78(3,4)69(63)45-57)75-21-13-19-73(80-75)53-27-23-51(24-28-53)49-15-9-7-10-16-49)31-37-61(67)62-38-32-56(44-68(62)77)58-34-40-64-66-42-36-60(48-72(66)79(5,6)70(64)46-58)76-22-14-20-74(81-76)54-29-25-52(26-30-54)50-17-11-8-12-18-50/h7-48H,1-6H3. The van der Waals surface area contributed by atoms with E-state index in [9.17, 15) is 0 Å². The molecule has 0 aliphatic heterocycles. The van der Waals surface area contributed by atoms with E-state index in [2.05, 4.69) is 296 Å². The summed E-state index contributed by atoms with van der Waals surface area (Å²) >= 11 is 0. The van der Waals surface area contributed by atoms with E-state index >= 15 is 0 Å². The van der Waals surface area contributed by atoms with Crippen LogP contribution in [0.5, 0.6) is 0 Å². The molecule has 0 saturated heterocycles. The fourth-order valence-corrected chi connectivity index (χ4v) is 13.7. The molecule has 0 unspecified atom stereocenters. The molecule has 0 N–H and O–H groups in total. The molecule has 2 aromatic heterocycles. The van der Waals surface area contributed by atoms with E-state index in [1.807, 2.05) is 0 Å². The Labute approximate surface area is 476 Å². The summed E-state index contributed by atoms with van der Waals surface area (Å²) in [6.07, 6.45) is 0. The lowest BCUT2D eigenvalue weighted by Crippen LogP contribution is -2.16. The van der Waals surface area contributed by atoms with E-state index < -0.39 is 0 Å². The fourth-order valence-electron chi connectivity index (χ4n) is 13.7. The van der Waals surface area contributed by atoms with Crippen LogP contribution in [0.4, 0.5) is 0 Å². The molecule has 0 radical (unpaired) electrons. The molecule has 10 aromatic carbocycles. The Morgan fingerprint density at radius 2 is 0.395 bits per heavy atom.